The molecule has 2 aromatic carbocycles. The highest BCUT2D eigenvalue weighted by Crippen LogP contribution is 2.39. The van der Waals surface area contributed by atoms with Gasteiger partial charge in [0, 0.05) is 15.3 Å². The van der Waals surface area contributed by atoms with Crippen molar-refractivity contribution in [1.29, 1.82) is 0 Å². The predicted octanol–water partition coefficient (Wildman–Crippen LogP) is 5.10. The minimum atomic E-state index is -0.754. The lowest BCUT2D eigenvalue weighted by molar-refractivity contribution is -0.136. The summed E-state index contributed by atoms with van der Waals surface area (Å²) < 4.78 is 0. The number of hydrogen-bond donors (Lipinski definition) is 1. The summed E-state index contributed by atoms with van der Waals surface area (Å²) in [5, 5.41) is 8.89. The molecule has 0 spiro atoms. The lowest BCUT2D eigenvalue weighted by Crippen LogP contribution is -1.95. The molecule has 1 N–H and O–H groups in total. The van der Waals surface area contributed by atoms with Gasteiger partial charge in [-0.1, -0.05) is 60.7 Å². The first-order valence-electron chi connectivity index (χ1n) is 7.19. The average molecular weight is 308 g/mol. The Morgan fingerprint density at radius 3 is 2.09 bits per heavy atom. The second kappa shape index (κ2) is 6.58. The van der Waals surface area contributed by atoms with Gasteiger partial charge < -0.3 is 5.11 Å². The van der Waals surface area contributed by atoms with Crippen molar-refractivity contribution in [1.82, 2.24) is 0 Å². The summed E-state index contributed by atoms with van der Waals surface area (Å²) in [6.07, 6.45) is 0.746. The largest absolute Gasteiger partial charge is 0.481 e. The van der Waals surface area contributed by atoms with E-state index >= 15 is 0 Å². The Morgan fingerprint density at radius 2 is 1.50 bits per heavy atom. The molecule has 0 aliphatic carbocycles. The van der Waals surface area contributed by atoms with E-state index in [2.05, 4.69) is 30.3 Å². The van der Waals surface area contributed by atoms with Gasteiger partial charge in [0.05, 0.1) is 6.42 Å². The summed E-state index contributed by atoms with van der Waals surface area (Å²) in [7, 11) is 0. The van der Waals surface area contributed by atoms with Gasteiger partial charge in [0.2, 0.25) is 0 Å². The topological polar surface area (TPSA) is 37.3 Å². The van der Waals surface area contributed by atoms with Crippen LogP contribution in [-0.4, -0.2) is 11.1 Å². The van der Waals surface area contributed by atoms with Crippen molar-refractivity contribution in [2.24, 2.45) is 0 Å². The standard InChI is InChI=1S/C19H16O2S/c20-18(21)12-11-16-13-17(14-7-3-1-4-8-14)19(22-16)15-9-5-2-6-10-15/h1-10,13H,11-12H2,(H,20,21). The van der Waals surface area contributed by atoms with Crippen LogP contribution in [0.2, 0.25) is 0 Å². The molecule has 3 aromatic rings. The molecule has 0 saturated heterocycles. The van der Waals surface area contributed by atoms with Crippen molar-refractivity contribution in [2.75, 3.05) is 0 Å². The van der Waals surface area contributed by atoms with Crippen molar-refractivity contribution in [3.8, 4) is 21.6 Å². The minimum absolute atomic E-state index is 0.170. The zero-order valence-corrected chi connectivity index (χ0v) is 12.8. The highest BCUT2D eigenvalue weighted by atomic mass is 32.1. The fourth-order valence-corrected chi connectivity index (χ4v) is 3.62. The Kier molecular flexibility index (Phi) is 4.35. The first kappa shape index (κ1) is 14.5. The molecule has 1 heterocycles. The Labute approximate surface area is 133 Å². The van der Waals surface area contributed by atoms with E-state index in [1.54, 1.807) is 11.3 Å². The number of aryl methyl sites for hydroxylation is 1. The van der Waals surface area contributed by atoms with Gasteiger partial charge in [-0.3, -0.25) is 4.79 Å². The Balaban J connectivity index is 2.04. The van der Waals surface area contributed by atoms with E-state index in [1.165, 1.54) is 21.6 Å². The molecule has 110 valence electrons. The van der Waals surface area contributed by atoms with Crippen molar-refractivity contribution < 1.29 is 9.90 Å². The molecule has 22 heavy (non-hydrogen) atoms. The van der Waals surface area contributed by atoms with Crippen molar-refractivity contribution >= 4 is 17.3 Å². The maximum atomic E-state index is 10.8. The van der Waals surface area contributed by atoms with Crippen molar-refractivity contribution in [3.63, 3.8) is 0 Å². The molecule has 0 amide bonds. The van der Waals surface area contributed by atoms with Gasteiger partial charge in [-0.25, -0.2) is 0 Å². The number of carboxylic acids is 1. The molecule has 0 radical (unpaired) electrons. The second-order valence-corrected chi connectivity index (χ2v) is 6.22. The van der Waals surface area contributed by atoms with Gasteiger partial charge in [-0.2, -0.15) is 0 Å². The first-order chi connectivity index (χ1) is 10.7. The molecular weight excluding hydrogens is 292 g/mol. The Hall–Kier alpha value is -2.39. The summed E-state index contributed by atoms with van der Waals surface area (Å²) in [6, 6.07) is 22.6. The highest BCUT2D eigenvalue weighted by molar-refractivity contribution is 7.16. The third-order valence-corrected chi connectivity index (χ3v) is 4.73. The molecule has 0 atom stereocenters. The van der Waals surface area contributed by atoms with Crippen LogP contribution in [0.4, 0.5) is 0 Å². The average Bonchev–Trinajstić information content (AvgIpc) is 2.99. The SMILES string of the molecule is O=C(O)CCc1cc(-c2ccccc2)c(-c2ccccc2)s1. The van der Waals surface area contributed by atoms with Crippen LogP contribution in [0.15, 0.2) is 66.7 Å². The normalized spacial score (nSPS) is 10.5. The van der Waals surface area contributed by atoms with Gasteiger partial charge in [-0.05, 0) is 23.6 Å². The maximum absolute atomic E-state index is 10.8. The summed E-state index contributed by atoms with van der Waals surface area (Å²) in [5.41, 5.74) is 3.52. The summed E-state index contributed by atoms with van der Waals surface area (Å²) in [4.78, 5) is 13.1. The van der Waals surface area contributed by atoms with Crippen molar-refractivity contribution in [2.45, 2.75) is 12.8 Å². The van der Waals surface area contributed by atoms with Gasteiger partial charge in [0.15, 0.2) is 0 Å². The van der Waals surface area contributed by atoms with E-state index in [-0.39, 0.29) is 6.42 Å². The predicted molar refractivity (Wildman–Crippen MR) is 91.1 cm³/mol. The number of thiophene rings is 1. The number of benzene rings is 2. The van der Waals surface area contributed by atoms with E-state index in [0.717, 1.165) is 4.88 Å². The monoisotopic (exact) mass is 308 g/mol. The van der Waals surface area contributed by atoms with Crippen LogP contribution in [0, 0.1) is 0 Å². The number of carboxylic acid groups (broad SMARTS) is 1. The van der Waals surface area contributed by atoms with Crippen molar-refractivity contribution in [3.05, 3.63) is 71.6 Å². The van der Waals surface area contributed by atoms with E-state index in [1.807, 2.05) is 36.4 Å². The molecule has 0 bridgehead atoms. The third kappa shape index (κ3) is 3.26. The summed E-state index contributed by atoms with van der Waals surface area (Å²) in [6.45, 7) is 0. The van der Waals surface area contributed by atoms with Crippen LogP contribution < -0.4 is 0 Å². The van der Waals surface area contributed by atoms with Crippen LogP contribution in [-0.2, 0) is 11.2 Å². The minimum Gasteiger partial charge on any atom is -0.481 e. The third-order valence-electron chi connectivity index (χ3n) is 3.49. The van der Waals surface area contributed by atoms with E-state index in [4.69, 9.17) is 5.11 Å². The second-order valence-electron chi connectivity index (χ2n) is 5.08. The fourth-order valence-electron chi connectivity index (χ4n) is 2.43. The highest BCUT2D eigenvalue weighted by Gasteiger charge is 2.13. The molecule has 0 aliphatic rings. The first-order valence-corrected chi connectivity index (χ1v) is 8.01. The van der Waals surface area contributed by atoms with Gasteiger partial charge in [-0.15, -0.1) is 11.3 Å². The molecular formula is C19H16O2S. The van der Waals surface area contributed by atoms with Gasteiger partial charge in [0.1, 0.15) is 0 Å². The van der Waals surface area contributed by atoms with Crippen LogP contribution >= 0.6 is 11.3 Å². The number of carbonyl (C=O) groups is 1. The van der Waals surface area contributed by atoms with Crippen LogP contribution in [0.5, 0.6) is 0 Å². The zero-order valence-electron chi connectivity index (χ0n) is 12.0. The molecule has 3 rings (SSSR count). The lowest BCUT2D eigenvalue weighted by atomic mass is 10.0. The van der Waals surface area contributed by atoms with Gasteiger partial charge >= 0.3 is 5.97 Å². The maximum Gasteiger partial charge on any atom is 0.303 e. The number of aliphatic carboxylic acids is 1. The number of rotatable bonds is 5. The van der Waals surface area contributed by atoms with Crippen LogP contribution in [0.1, 0.15) is 11.3 Å². The van der Waals surface area contributed by atoms with Crippen LogP contribution in [0.25, 0.3) is 21.6 Å². The van der Waals surface area contributed by atoms with E-state index < -0.39 is 5.97 Å². The summed E-state index contributed by atoms with van der Waals surface area (Å²) in [5.74, 6) is -0.754. The number of hydrogen-bond acceptors (Lipinski definition) is 2. The Bertz CT molecular complexity index is 704. The summed E-state index contributed by atoms with van der Waals surface area (Å²) >= 11 is 1.69. The zero-order chi connectivity index (χ0) is 15.4. The lowest BCUT2D eigenvalue weighted by Gasteiger charge is -2.03. The molecule has 0 aliphatic heterocycles. The molecule has 1 aromatic heterocycles. The smallest absolute Gasteiger partial charge is 0.303 e. The molecule has 0 fully saturated rings. The Morgan fingerprint density at radius 1 is 0.909 bits per heavy atom. The molecule has 2 nitrogen and oxygen atoms in total. The fraction of sp³-hybridized carbons (Fsp3) is 0.105. The quantitative estimate of drug-likeness (QED) is 0.712. The molecule has 0 unspecified atom stereocenters. The molecule has 3 heteroatoms. The van der Waals surface area contributed by atoms with Crippen LogP contribution in [0.3, 0.4) is 0 Å². The molecule has 0 saturated carbocycles. The van der Waals surface area contributed by atoms with Gasteiger partial charge in [0.25, 0.3) is 0 Å². The van der Waals surface area contributed by atoms with E-state index in [0.29, 0.717) is 6.42 Å². The van der Waals surface area contributed by atoms with E-state index in [9.17, 15) is 4.79 Å².